The van der Waals surface area contributed by atoms with Crippen molar-refractivity contribution in [3.63, 3.8) is 0 Å². The topological polar surface area (TPSA) is 45.8 Å². The lowest BCUT2D eigenvalue weighted by Crippen LogP contribution is -2.25. The molecule has 25 heavy (non-hydrogen) atoms. The summed E-state index contributed by atoms with van der Waals surface area (Å²) < 4.78 is 1.70. The van der Waals surface area contributed by atoms with Crippen LogP contribution in [0.4, 0.5) is 0 Å². The molecule has 3 rings (SSSR count). The molecule has 0 fully saturated rings. The average Bonchev–Trinajstić information content (AvgIpc) is 2.58. The van der Waals surface area contributed by atoms with Gasteiger partial charge < -0.3 is 4.57 Å². The Morgan fingerprint density at radius 1 is 0.960 bits per heavy atom. The molecule has 0 atom stereocenters. The Hall–Kier alpha value is -3.12. The molecule has 0 radical (unpaired) electrons. The fourth-order valence-corrected chi connectivity index (χ4v) is 3.07. The molecule has 1 aromatic heterocycles. The third-order valence-electron chi connectivity index (χ3n) is 4.44. The van der Waals surface area contributed by atoms with E-state index in [4.69, 9.17) is 0 Å². The van der Waals surface area contributed by atoms with Crippen LogP contribution in [0.5, 0.6) is 0 Å². The van der Waals surface area contributed by atoms with Gasteiger partial charge in [0.25, 0.3) is 5.56 Å². The van der Waals surface area contributed by atoms with Gasteiger partial charge in [0.05, 0.1) is 12.2 Å². The minimum absolute atomic E-state index is 0.168. The van der Waals surface area contributed by atoms with Crippen molar-refractivity contribution in [1.29, 1.82) is 5.26 Å². The van der Waals surface area contributed by atoms with Crippen LogP contribution in [0.15, 0.2) is 59.4 Å². The second-order valence-corrected chi connectivity index (χ2v) is 6.43. The van der Waals surface area contributed by atoms with E-state index < -0.39 is 0 Å². The second kappa shape index (κ2) is 6.78. The number of nitriles is 1. The fraction of sp³-hybridized carbons (Fsp3) is 0.182. The van der Waals surface area contributed by atoms with Crippen LogP contribution in [0.1, 0.15) is 27.8 Å². The van der Waals surface area contributed by atoms with E-state index in [2.05, 4.69) is 25.1 Å². The number of hydrogen-bond donors (Lipinski definition) is 0. The normalized spacial score (nSPS) is 10.5. The van der Waals surface area contributed by atoms with Crippen molar-refractivity contribution in [3.05, 3.63) is 92.8 Å². The van der Waals surface area contributed by atoms with E-state index in [1.54, 1.807) is 10.6 Å². The van der Waals surface area contributed by atoms with Crippen LogP contribution in [0, 0.1) is 32.1 Å². The molecule has 3 nitrogen and oxygen atoms in total. The van der Waals surface area contributed by atoms with E-state index in [0.29, 0.717) is 6.54 Å². The summed E-state index contributed by atoms with van der Waals surface area (Å²) in [7, 11) is 0. The first-order valence-corrected chi connectivity index (χ1v) is 8.26. The van der Waals surface area contributed by atoms with Crippen LogP contribution in [-0.2, 0) is 6.54 Å². The number of nitrogens with zero attached hydrogens (tertiary/aromatic N) is 2. The highest BCUT2D eigenvalue weighted by Gasteiger charge is 2.12. The Morgan fingerprint density at radius 2 is 1.72 bits per heavy atom. The lowest BCUT2D eigenvalue weighted by Gasteiger charge is -2.16. The first-order valence-electron chi connectivity index (χ1n) is 8.26. The molecule has 0 saturated carbocycles. The van der Waals surface area contributed by atoms with E-state index in [1.165, 1.54) is 5.56 Å². The third-order valence-corrected chi connectivity index (χ3v) is 4.44. The predicted molar refractivity (Wildman–Crippen MR) is 101 cm³/mol. The summed E-state index contributed by atoms with van der Waals surface area (Å²) in [5.41, 5.74) is 6.27. The number of pyridine rings is 1. The summed E-state index contributed by atoms with van der Waals surface area (Å²) in [4.78, 5) is 12.8. The molecular formula is C22H20N2O. The van der Waals surface area contributed by atoms with Crippen molar-refractivity contribution in [1.82, 2.24) is 4.57 Å². The quantitative estimate of drug-likeness (QED) is 0.717. The second-order valence-electron chi connectivity index (χ2n) is 6.43. The zero-order valence-electron chi connectivity index (χ0n) is 14.7. The number of hydrogen-bond acceptors (Lipinski definition) is 2. The number of aromatic nitrogens is 1. The van der Waals surface area contributed by atoms with Crippen LogP contribution >= 0.6 is 0 Å². The summed E-state index contributed by atoms with van der Waals surface area (Å²) in [5, 5.41) is 9.24. The molecule has 3 aromatic rings. The zero-order valence-corrected chi connectivity index (χ0v) is 14.7. The average molecular weight is 328 g/mol. The molecule has 0 unspecified atom stereocenters. The highest BCUT2D eigenvalue weighted by Crippen LogP contribution is 2.21. The highest BCUT2D eigenvalue weighted by molar-refractivity contribution is 5.61. The molecule has 0 amide bonds. The van der Waals surface area contributed by atoms with Gasteiger partial charge in [0.2, 0.25) is 0 Å². The van der Waals surface area contributed by atoms with Gasteiger partial charge in [0, 0.05) is 0 Å². The van der Waals surface area contributed by atoms with Crippen molar-refractivity contribution in [3.8, 4) is 17.3 Å². The summed E-state index contributed by atoms with van der Waals surface area (Å²) in [6, 6.07) is 19.7. The van der Waals surface area contributed by atoms with Crippen LogP contribution in [0.2, 0.25) is 0 Å². The smallest absolute Gasteiger partial charge is 0.269 e. The van der Waals surface area contributed by atoms with Crippen LogP contribution in [-0.4, -0.2) is 4.57 Å². The monoisotopic (exact) mass is 328 g/mol. The van der Waals surface area contributed by atoms with Gasteiger partial charge in [0.15, 0.2) is 0 Å². The Labute approximate surface area is 147 Å². The van der Waals surface area contributed by atoms with Crippen molar-refractivity contribution >= 4 is 0 Å². The molecule has 0 aliphatic heterocycles. The van der Waals surface area contributed by atoms with Crippen molar-refractivity contribution in [2.75, 3.05) is 0 Å². The molecule has 2 aromatic carbocycles. The van der Waals surface area contributed by atoms with E-state index in [9.17, 15) is 10.1 Å². The molecule has 0 aliphatic rings. The van der Waals surface area contributed by atoms with Gasteiger partial charge in [0.1, 0.15) is 11.6 Å². The Bertz CT molecular complexity index is 1040. The Balaban J connectivity index is 2.19. The Morgan fingerprint density at radius 3 is 2.40 bits per heavy atom. The zero-order chi connectivity index (χ0) is 18.0. The minimum Gasteiger partial charge on any atom is -0.303 e. The lowest BCUT2D eigenvalue weighted by atomic mass is 10.0. The summed E-state index contributed by atoms with van der Waals surface area (Å²) >= 11 is 0. The van der Waals surface area contributed by atoms with Gasteiger partial charge in [-0.3, -0.25) is 4.79 Å². The molecular weight excluding hydrogens is 308 g/mol. The maximum atomic E-state index is 12.8. The SMILES string of the molecule is Cc1cccc(-c2ccc(C#N)c(=O)n2Cc2ccc(C)cc2C)c1. The van der Waals surface area contributed by atoms with Crippen LogP contribution < -0.4 is 5.56 Å². The minimum atomic E-state index is -0.249. The van der Waals surface area contributed by atoms with Gasteiger partial charge >= 0.3 is 0 Å². The molecule has 0 aliphatic carbocycles. The maximum Gasteiger partial charge on any atom is 0.269 e. The maximum absolute atomic E-state index is 12.8. The standard InChI is InChI=1S/C22H20N2O/c1-15-5-4-6-18(12-15)21-10-9-19(13-23)22(25)24(21)14-20-8-7-16(2)11-17(20)3/h4-12H,14H2,1-3H3. The van der Waals surface area contributed by atoms with Crippen molar-refractivity contribution in [2.45, 2.75) is 27.3 Å². The number of benzene rings is 2. The van der Waals surface area contributed by atoms with Crippen molar-refractivity contribution in [2.24, 2.45) is 0 Å². The summed E-state index contributed by atoms with van der Waals surface area (Å²) in [6.45, 7) is 6.58. The first-order chi connectivity index (χ1) is 12.0. The molecule has 0 bridgehead atoms. The largest absolute Gasteiger partial charge is 0.303 e. The predicted octanol–water partition coefficient (Wildman–Crippen LogP) is 4.36. The highest BCUT2D eigenvalue weighted by atomic mass is 16.1. The molecule has 3 heteroatoms. The van der Waals surface area contributed by atoms with Gasteiger partial charge in [-0.05, 0) is 55.7 Å². The molecule has 0 spiro atoms. The van der Waals surface area contributed by atoms with Crippen LogP contribution in [0.3, 0.4) is 0 Å². The third kappa shape index (κ3) is 3.39. The van der Waals surface area contributed by atoms with E-state index in [-0.39, 0.29) is 11.1 Å². The van der Waals surface area contributed by atoms with E-state index >= 15 is 0 Å². The molecule has 0 saturated heterocycles. The summed E-state index contributed by atoms with van der Waals surface area (Å²) in [5.74, 6) is 0. The van der Waals surface area contributed by atoms with Crippen LogP contribution in [0.25, 0.3) is 11.3 Å². The fourth-order valence-electron chi connectivity index (χ4n) is 3.07. The number of aryl methyl sites for hydroxylation is 3. The lowest BCUT2D eigenvalue weighted by molar-refractivity contribution is 0.761. The molecule has 0 N–H and O–H groups in total. The van der Waals surface area contributed by atoms with E-state index in [0.717, 1.165) is 27.9 Å². The first kappa shape index (κ1) is 16.7. The molecule has 1 heterocycles. The van der Waals surface area contributed by atoms with Gasteiger partial charge in [-0.25, -0.2) is 0 Å². The van der Waals surface area contributed by atoms with Gasteiger partial charge in [-0.2, -0.15) is 5.26 Å². The van der Waals surface area contributed by atoms with E-state index in [1.807, 2.05) is 50.2 Å². The van der Waals surface area contributed by atoms with Crippen molar-refractivity contribution < 1.29 is 0 Å². The Kier molecular flexibility index (Phi) is 4.54. The summed E-state index contributed by atoms with van der Waals surface area (Å²) in [6.07, 6.45) is 0. The number of rotatable bonds is 3. The van der Waals surface area contributed by atoms with Gasteiger partial charge in [-0.15, -0.1) is 0 Å². The molecule has 124 valence electrons. The van der Waals surface area contributed by atoms with Gasteiger partial charge in [-0.1, -0.05) is 47.5 Å².